The summed E-state index contributed by atoms with van der Waals surface area (Å²) in [6, 6.07) is 0.174. The van der Waals surface area contributed by atoms with Crippen LogP contribution in [0.2, 0.25) is 0 Å². The van der Waals surface area contributed by atoms with E-state index in [0.29, 0.717) is 6.42 Å². The molecule has 0 radical (unpaired) electrons. The van der Waals surface area contributed by atoms with Gasteiger partial charge in [-0.15, -0.1) is 0 Å². The summed E-state index contributed by atoms with van der Waals surface area (Å²) in [5.41, 5.74) is 0. The van der Waals surface area contributed by atoms with E-state index in [4.69, 9.17) is 0 Å². The normalized spacial score (nSPS) is 12.8. The zero-order chi connectivity index (χ0) is 16.7. The topological polar surface area (TPSA) is 69.2 Å². The van der Waals surface area contributed by atoms with Gasteiger partial charge in [0.1, 0.15) is 0 Å². The van der Waals surface area contributed by atoms with Gasteiger partial charge < -0.3 is 9.87 Å². The van der Waals surface area contributed by atoms with Gasteiger partial charge in [0.2, 0.25) is 0 Å². The molecule has 0 aliphatic heterocycles. The van der Waals surface area contributed by atoms with Gasteiger partial charge in [0, 0.05) is 11.8 Å². The molecule has 0 aromatic carbocycles. The fourth-order valence-electron chi connectivity index (χ4n) is 2.68. The average molecular weight is 358 g/mol. The molecule has 0 aliphatic carbocycles. The maximum atomic E-state index is 10.7. The third-order valence-corrected chi connectivity index (χ3v) is 4.79. The molecular formula is C17H36NNaO3S. The zero-order valence-corrected chi connectivity index (χ0v) is 18.4. The van der Waals surface area contributed by atoms with Gasteiger partial charge in [0.05, 0.1) is 10.1 Å². The van der Waals surface area contributed by atoms with Crippen LogP contribution in [-0.4, -0.2) is 31.3 Å². The first-order valence-electron chi connectivity index (χ1n) is 9.16. The summed E-state index contributed by atoms with van der Waals surface area (Å²) in [5, 5.41) is 3.36. The molecule has 0 bridgehead atoms. The van der Waals surface area contributed by atoms with Crippen LogP contribution in [0, 0.1) is 0 Å². The molecule has 0 aliphatic rings. The summed E-state index contributed by atoms with van der Waals surface area (Å²) in [7, 11) is -4.08. The van der Waals surface area contributed by atoms with Crippen molar-refractivity contribution in [1.82, 2.24) is 5.32 Å². The smallest absolute Gasteiger partial charge is 0.748 e. The standard InChI is InChI=1S/C17H37NO3S.Na/c1-3-5-6-7-8-9-10-11-12-13-17(18-15-4-2)14-16-22(19,20)21;/h17-18H,3-16H2,1-2H3,(H,19,20,21);/q;+1/p-1. The SMILES string of the molecule is CCCCCCCCCCCC(CCS(=O)(=O)[O-])NCCC.[Na+]. The second-order valence-corrected chi connectivity index (χ2v) is 7.84. The van der Waals surface area contributed by atoms with Crippen molar-refractivity contribution < 1.29 is 42.5 Å². The molecular weight excluding hydrogens is 321 g/mol. The molecule has 0 spiro atoms. The molecule has 6 heteroatoms. The monoisotopic (exact) mass is 357 g/mol. The van der Waals surface area contributed by atoms with E-state index in [2.05, 4.69) is 19.2 Å². The average Bonchev–Trinajstić information content (AvgIpc) is 2.46. The summed E-state index contributed by atoms with van der Waals surface area (Å²) >= 11 is 0. The maximum Gasteiger partial charge on any atom is 1.00 e. The molecule has 1 unspecified atom stereocenters. The molecule has 134 valence electrons. The van der Waals surface area contributed by atoms with Gasteiger partial charge in [-0.2, -0.15) is 0 Å². The van der Waals surface area contributed by atoms with E-state index >= 15 is 0 Å². The van der Waals surface area contributed by atoms with E-state index in [-0.39, 0.29) is 41.4 Å². The first-order chi connectivity index (χ1) is 10.5. The minimum absolute atomic E-state index is 0. The fraction of sp³-hybridized carbons (Fsp3) is 1.00. The molecule has 0 amide bonds. The molecule has 0 fully saturated rings. The van der Waals surface area contributed by atoms with E-state index < -0.39 is 10.1 Å². The fourth-order valence-corrected chi connectivity index (χ4v) is 3.26. The van der Waals surface area contributed by atoms with Crippen molar-refractivity contribution in [3.05, 3.63) is 0 Å². The van der Waals surface area contributed by atoms with Crippen LogP contribution >= 0.6 is 0 Å². The molecule has 1 atom stereocenters. The summed E-state index contributed by atoms with van der Waals surface area (Å²) in [4.78, 5) is 0. The van der Waals surface area contributed by atoms with Crippen molar-refractivity contribution in [2.75, 3.05) is 12.3 Å². The van der Waals surface area contributed by atoms with Crippen molar-refractivity contribution in [3.8, 4) is 0 Å². The zero-order valence-electron chi connectivity index (χ0n) is 15.6. The van der Waals surface area contributed by atoms with Crippen LogP contribution in [0.1, 0.15) is 90.9 Å². The minimum Gasteiger partial charge on any atom is -0.748 e. The van der Waals surface area contributed by atoms with Crippen LogP contribution in [0.25, 0.3) is 0 Å². The Morgan fingerprint density at radius 1 is 0.826 bits per heavy atom. The number of unbranched alkanes of at least 4 members (excludes halogenated alkanes) is 8. The molecule has 1 N–H and O–H groups in total. The van der Waals surface area contributed by atoms with E-state index in [9.17, 15) is 13.0 Å². The largest absolute Gasteiger partial charge is 1.00 e. The van der Waals surface area contributed by atoms with E-state index in [1.807, 2.05) is 0 Å². The quantitative estimate of drug-likeness (QED) is 0.256. The molecule has 23 heavy (non-hydrogen) atoms. The van der Waals surface area contributed by atoms with Crippen molar-refractivity contribution >= 4 is 10.1 Å². The summed E-state index contributed by atoms with van der Waals surface area (Å²) in [5.74, 6) is -0.244. The van der Waals surface area contributed by atoms with E-state index in [1.54, 1.807) is 0 Å². The Bertz CT molecular complexity index is 337. The van der Waals surface area contributed by atoms with Gasteiger partial charge in [-0.05, 0) is 25.8 Å². The minimum atomic E-state index is -4.08. The van der Waals surface area contributed by atoms with Crippen molar-refractivity contribution in [2.24, 2.45) is 0 Å². The maximum absolute atomic E-state index is 10.7. The molecule has 0 aromatic rings. The first-order valence-corrected chi connectivity index (χ1v) is 10.7. The van der Waals surface area contributed by atoms with Crippen LogP contribution in [0.3, 0.4) is 0 Å². The molecule has 4 nitrogen and oxygen atoms in total. The Kier molecular flexibility index (Phi) is 20.1. The predicted octanol–water partition coefficient (Wildman–Crippen LogP) is 1.21. The molecule has 0 saturated carbocycles. The van der Waals surface area contributed by atoms with Crippen LogP contribution < -0.4 is 34.9 Å². The number of rotatable bonds is 16. The Morgan fingerprint density at radius 2 is 1.35 bits per heavy atom. The summed E-state index contributed by atoms with van der Waals surface area (Å²) < 4.78 is 32.2. The predicted molar refractivity (Wildman–Crippen MR) is 93.1 cm³/mol. The number of hydrogen-bond donors (Lipinski definition) is 1. The third kappa shape index (κ3) is 20.8. The van der Waals surface area contributed by atoms with E-state index in [1.165, 1.54) is 51.4 Å². The third-order valence-electron chi connectivity index (χ3n) is 4.06. The Balaban J connectivity index is 0. The van der Waals surface area contributed by atoms with Gasteiger partial charge in [0.25, 0.3) is 0 Å². The molecule has 0 rings (SSSR count). The van der Waals surface area contributed by atoms with Gasteiger partial charge in [-0.3, -0.25) is 0 Å². The second kappa shape index (κ2) is 17.7. The van der Waals surface area contributed by atoms with Crippen molar-refractivity contribution in [2.45, 2.75) is 96.9 Å². The first kappa shape index (κ1) is 26.1. The molecule has 0 saturated heterocycles. The van der Waals surface area contributed by atoms with Gasteiger partial charge in [0.15, 0.2) is 0 Å². The van der Waals surface area contributed by atoms with E-state index in [0.717, 1.165) is 25.8 Å². The Labute approximate surface area is 166 Å². The number of hydrogen-bond acceptors (Lipinski definition) is 4. The summed E-state index contributed by atoms with van der Waals surface area (Å²) in [6.07, 6.45) is 14.1. The van der Waals surface area contributed by atoms with Crippen LogP contribution in [0.4, 0.5) is 0 Å². The van der Waals surface area contributed by atoms with Crippen LogP contribution in [-0.2, 0) is 10.1 Å². The summed E-state index contributed by atoms with van der Waals surface area (Å²) in [6.45, 7) is 5.22. The number of nitrogens with one attached hydrogen (secondary N) is 1. The van der Waals surface area contributed by atoms with Gasteiger partial charge in [-0.1, -0.05) is 71.6 Å². The second-order valence-electron chi connectivity index (χ2n) is 6.32. The van der Waals surface area contributed by atoms with Gasteiger partial charge in [-0.25, -0.2) is 8.42 Å². The Hall–Kier alpha value is 0.870. The molecule has 0 aromatic heterocycles. The van der Waals surface area contributed by atoms with Gasteiger partial charge >= 0.3 is 29.6 Å². The van der Waals surface area contributed by atoms with Crippen LogP contribution in [0.15, 0.2) is 0 Å². The van der Waals surface area contributed by atoms with Crippen molar-refractivity contribution in [3.63, 3.8) is 0 Å². The van der Waals surface area contributed by atoms with Crippen LogP contribution in [0.5, 0.6) is 0 Å². The Morgan fingerprint density at radius 3 is 1.83 bits per heavy atom. The van der Waals surface area contributed by atoms with Crippen molar-refractivity contribution in [1.29, 1.82) is 0 Å². The molecule has 0 heterocycles.